The van der Waals surface area contributed by atoms with Gasteiger partial charge in [0.25, 0.3) is 6.71 Å². The first-order valence-electron chi connectivity index (χ1n) is 20.4. The predicted molar refractivity (Wildman–Crippen MR) is 244 cm³/mol. The van der Waals surface area contributed by atoms with Crippen LogP contribution >= 0.6 is 0 Å². The Hall–Kier alpha value is -6.32. The number of fused-ring (bicyclic) bond motifs is 4. The molecule has 0 N–H and O–H groups in total. The number of nitrogens with zero attached hydrogens (tertiary/aromatic N) is 2. The van der Waals surface area contributed by atoms with Crippen LogP contribution in [-0.4, -0.2) is 15.8 Å². The zero-order chi connectivity index (χ0) is 38.8. The fourth-order valence-electron chi connectivity index (χ4n) is 9.92. The van der Waals surface area contributed by atoms with Crippen LogP contribution in [-0.2, 0) is 10.8 Å². The van der Waals surface area contributed by atoms with Gasteiger partial charge in [0.15, 0.2) is 0 Å². The van der Waals surface area contributed by atoms with E-state index in [1.165, 1.54) is 105 Å². The first kappa shape index (κ1) is 34.0. The van der Waals surface area contributed by atoms with Crippen LogP contribution in [0.1, 0.15) is 52.7 Å². The maximum Gasteiger partial charge on any atom is 0.252 e. The quantitative estimate of drug-likeness (QED) is 0.160. The van der Waals surface area contributed by atoms with Gasteiger partial charge in [-0.25, -0.2) is 0 Å². The van der Waals surface area contributed by atoms with Crippen molar-refractivity contribution in [3.05, 3.63) is 175 Å². The lowest BCUT2D eigenvalue weighted by molar-refractivity contribution is 0.591. The molecule has 0 fully saturated rings. The van der Waals surface area contributed by atoms with Gasteiger partial charge < -0.3 is 9.13 Å². The molecule has 9 aromatic rings. The van der Waals surface area contributed by atoms with Gasteiger partial charge in [0.2, 0.25) is 0 Å². The number of hydrogen-bond donors (Lipinski definition) is 0. The van der Waals surface area contributed by atoms with Gasteiger partial charge in [-0.1, -0.05) is 181 Å². The van der Waals surface area contributed by atoms with Crippen molar-refractivity contribution in [2.24, 2.45) is 0 Å². The summed E-state index contributed by atoms with van der Waals surface area (Å²) in [5.74, 6) is 0. The zero-order valence-electron chi connectivity index (χ0n) is 33.6. The maximum atomic E-state index is 2.63. The Morgan fingerprint density at radius 1 is 0.386 bits per heavy atom. The Morgan fingerprint density at radius 3 is 1.09 bits per heavy atom. The van der Waals surface area contributed by atoms with E-state index in [2.05, 4.69) is 214 Å². The summed E-state index contributed by atoms with van der Waals surface area (Å²) in [6.45, 7) is 14.2. The molecule has 2 aliphatic rings. The molecule has 0 saturated heterocycles. The molecule has 0 radical (unpaired) electrons. The van der Waals surface area contributed by atoms with Gasteiger partial charge in [0.1, 0.15) is 0 Å². The van der Waals surface area contributed by atoms with Crippen molar-refractivity contribution < 1.29 is 0 Å². The van der Waals surface area contributed by atoms with E-state index < -0.39 is 0 Å². The third kappa shape index (κ3) is 4.91. The third-order valence-corrected chi connectivity index (χ3v) is 12.6. The van der Waals surface area contributed by atoms with Crippen molar-refractivity contribution in [3.8, 4) is 56.1 Å². The summed E-state index contributed by atoms with van der Waals surface area (Å²) < 4.78 is 5.26. The van der Waals surface area contributed by atoms with E-state index >= 15 is 0 Å². The van der Waals surface area contributed by atoms with E-state index in [1.807, 2.05) is 0 Å². The molecule has 2 aliphatic heterocycles. The largest absolute Gasteiger partial charge is 0.310 e. The molecule has 11 rings (SSSR count). The second-order valence-corrected chi connectivity index (χ2v) is 18.1. The van der Waals surface area contributed by atoms with E-state index in [0.29, 0.717) is 0 Å². The van der Waals surface area contributed by atoms with Crippen molar-refractivity contribution in [2.45, 2.75) is 52.4 Å². The van der Waals surface area contributed by atoms with Crippen LogP contribution in [0.4, 0.5) is 0 Å². The average molecular weight is 733 g/mol. The minimum atomic E-state index is -0.0636. The van der Waals surface area contributed by atoms with Gasteiger partial charge in [-0.3, -0.25) is 0 Å². The van der Waals surface area contributed by atoms with E-state index in [0.717, 1.165) is 0 Å². The lowest BCUT2D eigenvalue weighted by Gasteiger charge is -2.36. The summed E-state index contributed by atoms with van der Waals surface area (Å²) in [4.78, 5) is 0. The molecular formula is C54H45BN2. The fourth-order valence-corrected chi connectivity index (χ4v) is 9.92. The minimum absolute atomic E-state index is 0.0371. The van der Waals surface area contributed by atoms with Crippen molar-refractivity contribution in [3.63, 3.8) is 0 Å². The maximum absolute atomic E-state index is 2.63. The molecular weight excluding hydrogens is 687 g/mol. The van der Waals surface area contributed by atoms with Gasteiger partial charge in [-0.2, -0.15) is 0 Å². The van der Waals surface area contributed by atoms with Gasteiger partial charge >= 0.3 is 0 Å². The number of aromatic nitrogens is 2. The number of benzene rings is 7. The Morgan fingerprint density at radius 2 is 0.737 bits per heavy atom. The van der Waals surface area contributed by atoms with E-state index in [-0.39, 0.29) is 17.5 Å². The molecule has 3 heteroatoms. The highest BCUT2D eigenvalue weighted by atomic mass is 15.0. The van der Waals surface area contributed by atoms with Gasteiger partial charge in [0.05, 0.1) is 11.4 Å². The highest BCUT2D eigenvalue weighted by molar-refractivity contribution is 7.00. The SMILES string of the molecule is CC(C)(C)c1cc2c3c(c1)c(-c1ccccc1)c(-c1ccccc1)n3-c1cccc3c1B2c1cc(C(C)(C)C)cc2c(-c4ccccc4)c(-c4ccccc4)n-3c12. The van der Waals surface area contributed by atoms with Crippen molar-refractivity contribution in [2.75, 3.05) is 0 Å². The monoisotopic (exact) mass is 732 g/mol. The molecule has 0 spiro atoms. The summed E-state index contributed by atoms with van der Waals surface area (Å²) in [6, 6.07) is 61.5. The normalized spacial score (nSPS) is 13.1. The Kier molecular flexibility index (Phi) is 7.21. The summed E-state index contributed by atoms with van der Waals surface area (Å²) in [7, 11) is 0. The molecule has 0 amide bonds. The molecule has 7 aromatic carbocycles. The molecule has 57 heavy (non-hydrogen) atoms. The number of hydrogen-bond acceptors (Lipinski definition) is 0. The molecule has 0 atom stereocenters. The third-order valence-electron chi connectivity index (χ3n) is 12.6. The smallest absolute Gasteiger partial charge is 0.252 e. The van der Waals surface area contributed by atoms with Crippen molar-refractivity contribution in [1.29, 1.82) is 0 Å². The molecule has 274 valence electrons. The predicted octanol–water partition coefficient (Wildman–Crippen LogP) is 12.0. The summed E-state index contributed by atoms with van der Waals surface area (Å²) in [5.41, 5.74) is 21.9. The standard InChI is InChI=1S/C54H45BN2/c1-53(2,3)38-30-40-46(34-20-11-7-12-21-34)49(36-24-15-9-16-25-36)56-44-28-19-29-45-48(44)55(42(32-38)51(40)56)43-33-39(54(4,5)6)31-41-47(35-22-13-8-14-23-35)50(57(45)52(41)43)37-26-17-10-18-27-37/h7-33H,1-6H3. The molecule has 4 heterocycles. The Labute approximate surface area is 336 Å². The van der Waals surface area contributed by atoms with Crippen LogP contribution < -0.4 is 16.4 Å². The second-order valence-electron chi connectivity index (χ2n) is 18.1. The topological polar surface area (TPSA) is 9.86 Å². The lowest BCUT2D eigenvalue weighted by atomic mass is 9.34. The van der Waals surface area contributed by atoms with E-state index in [9.17, 15) is 0 Å². The molecule has 0 aliphatic carbocycles. The molecule has 0 bridgehead atoms. The molecule has 0 unspecified atom stereocenters. The fraction of sp³-hybridized carbons (Fsp3) is 0.148. The molecule has 0 saturated carbocycles. The summed E-state index contributed by atoms with van der Waals surface area (Å²) in [5, 5.41) is 2.63. The van der Waals surface area contributed by atoms with Gasteiger partial charge in [-0.05, 0) is 84.9 Å². The van der Waals surface area contributed by atoms with Crippen LogP contribution in [0, 0.1) is 0 Å². The zero-order valence-corrected chi connectivity index (χ0v) is 33.6. The Balaban J connectivity index is 1.38. The summed E-state index contributed by atoms with van der Waals surface area (Å²) in [6.07, 6.45) is 0. The van der Waals surface area contributed by atoms with Crippen molar-refractivity contribution >= 4 is 44.9 Å². The van der Waals surface area contributed by atoms with Crippen LogP contribution in [0.25, 0.3) is 77.9 Å². The first-order valence-corrected chi connectivity index (χ1v) is 20.4. The Bertz CT molecular complexity index is 2840. The molecule has 2 nitrogen and oxygen atoms in total. The van der Waals surface area contributed by atoms with E-state index in [1.54, 1.807) is 0 Å². The van der Waals surface area contributed by atoms with Crippen molar-refractivity contribution in [1.82, 2.24) is 9.13 Å². The highest BCUT2D eigenvalue weighted by Gasteiger charge is 2.43. The average Bonchev–Trinajstić information content (AvgIpc) is 3.76. The number of rotatable bonds is 4. The minimum Gasteiger partial charge on any atom is -0.310 e. The van der Waals surface area contributed by atoms with Gasteiger partial charge in [0, 0.05) is 44.3 Å². The highest BCUT2D eigenvalue weighted by Crippen LogP contribution is 2.48. The summed E-state index contributed by atoms with van der Waals surface area (Å²) >= 11 is 0. The van der Waals surface area contributed by atoms with Crippen LogP contribution in [0.3, 0.4) is 0 Å². The van der Waals surface area contributed by atoms with Gasteiger partial charge in [-0.15, -0.1) is 0 Å². The van der Waals surface area contributed by atoms with Crippen LogP contribution in [0.5, 0.6) is 0 Å². The lowest BCUT2D eigenvalue weighted by Crippen LogP contribution is -2.59. The van der Waals surface area contributed by atoms with Crippen LogP contribution in [0.2, 0.25) is 0 Å². The van der Waals surface area contributed by atoms with Crippen LogP contribution in [0.15, 0.2) is 164 Å². The first-order chi connectivity index (χ1) is 27.6. The van der Waals surface area contributed by atoms with E-state index in [4.69, 9.17) is 0 Å². The molecule has 2 aromatic heterocycles. The second kappa shape index (κ2) is 12.1.